The zero-order valence-electron chi connectivity index (χ0n) is 16.9. The number of rotatable bonds is 12. The van der Waals surface area contributed by atoms with E-state index in [9.17, 15) is 9.59 Å². The smallest absolute Gasteiger partial charge is 0.330 e. The SMILES string of the molecule is C=C(C)C(=O)O.C=C(C)C(=O)O.OCC(CO)(CO)COCC(CO)(CO)CO. The number of carboxylic acids is 2. The predicted molar refractivity (Wildman–Crippen MR) is 103 cm³/mol. The molecule has 8 N–H and O–H groups in total. The molecule has 0 rings (SSSR count). The highest BCUT2D eigenvalue weighted by Crippen LogP contribution is 2.19. The molecule has 0 fully saturated rings. The van der Waals surface area contributed by atoms with E-state index in [1.165, 1.54) is 13.8 Å². The number of carboxylic acid groups (broad SMARTS) is 2. The van der Waals surface area contributed by atoms with Gasteiger partial charge in [-0.2, -0.15) is 0 Å². The van der Waals surface area contributed by atoms with E-state index in [0.717, 1.165) is 0 Å². The third-order valence-corrected chi connectivity index (χ3v) is 3.56. The van der Waals surface area contributed by atoms with E-state index < -0.39 is 62.4 Å². The van der Waals surface area contributed by atoms with Crippen LogP contribution in [0.2, 0.25) is 0 Å². The Hall–Kier alpha value is -1.86. The zero-order chi connectivity index (χ0) is 23.7. The van der Waals surface area contributed by atoms with Gasteiger partial charge in [-0.15, -0.1) is 0 Å². The third-order valence-electron chi connectivity index (χ3n) is 3.56. The Bertz CT molecular complexity index is 410. The summed E-state index contributed by atoms with van der Waals surface area (Å²) in [6.45, 7) is 6.20. The summed E-state index contributed by atoms with van der Waals surface area (Å²) in [7, 11) is 0. The molecule has 0 aromatic heterocycles. The number of aliphatic carboxylic acids is 2. The average Bonchev–Trinajstić information content (AvgIpc) is 2.70. The fourth-order valence-corrected chi connectivity index (χ4v) is 1.06. The fraction of sp³-hybridized carbons (Fsp3) is 0.667. The van der Waals surface area contributed by atoms with Gasteiger partial charge in [-0.1, -0.05) is 13.2 Å². The maximum absolute atomic E-state index is 9.60. The average molecular weight is 426 g/mol. The molecule has 0 radical (unpaired) electrons. The Balaban J connectivity index is -0.000000460. The van der Waals surface area contributed by atoms with Crippen molar-refractivity contribution in [2.75, 3.05) is 52.9 Å². The predicted octanol–water partition coefficient (Wildman–Crippen LogP) is -1.78. The van der Waals surface area contributed by atoms with Gasteiger partial charge in [-0.3, -0.25) is 0 Å². The summed E-state index contributed by atoms with van der Waals surface area (Å²) in [5, 5.41) is 70.0. The topological polar surface area (TPSA) is 205 Å². The van der Waals surface area contributed by atoms with Crippen molar-refractivity contribution in [3.63, 3.8) is 0 Å². The molecule has 0 saturated heterocycles. The van der Waals surface area contributed by atoms with Gasteiger partial charge in [0.15, 0.2) is 0 Å². The Morgan fingerprint density at radius 3 is 0.931 bits per heavy atom. The second-order valence-electron chi connectivity index (χ2n) is 6.61. The lowest BCUT2D eigenvalue weighted by atomic mass is 9.91. The molecule has 11 nitrogen and oxygen atoms in total. The van der Waals surface area contributed by atoms with Crippen LogP contribution in [0.4, 0.5) is 0 Å². The Labute approximate surface area is 169 Å². The van der Waals surface area contributed by atoms with Crippen LogP contribution in [-0.2, 0) is 14.3 Å². The third kappa shape index (κ3) is 14.7. The van der Waals surface area contributed by atoms with Crippen LogP contribution in [0.25, 0.3) is 0 Å². The molecule has 0 unspecified atom stereocenters. The molecule has 0 aromatic carbocycles. The van der Waals surface area contributed by atoms with E-state index in [0.29, 0.717) is 0 Å². The van der Waals surface area contributed by atoms with Gasteiger partial charge in [0.1, 0.15) is 0 Å². The van der Waals surface area contributed by atoms with Crippen molar-refractivity contribution in [2.45, 2.75) is 13.8 Å². The highest BCUT2D eigenvalue weighted by molar-refractivity contribution is 5.85. The van der Waals surface area contributed by atoms with Crippen LogP contribution in [0.1, 0.15) is 13.8 Å². The molecule has 0 bridgehead atoms. The molecule has 0 amide bonds. The molecule has 0 aliphatic carbocycles. The van der Waals surface area contributed by atoms with Gasteiger partial charge < -0.3 is 45.6 Å². The van der Waals surface area contributed by atoms with E-state index in [4.69, 9.17) is 45.6 Å². The minimum atomic E-state index is -1.16. The lowest BCUT2D eigenvalue weighted by molar-refractivity contribution is -0.133. The molecule has 0 spiro atoms. The summed E-state index contributed by atoms with van der Waals surface area (Å²) < 4.78 is 5.15. The van der Waals surface area contributed by atoms with Gasteiger partial charge in [0.05, 0.1) is 63.7 Å². The van der Waals surface area contributed by atoms with Crippen molar-refractivity contribution < 1.29 is 55.2 Å². The molecule has 0 aliphatic heterocycles. The number of hydrogen-bond acceptors (Lipinski definition) is 9. The normalized spacial score (nSPS) is 10.8. The van der Waals surface area contributed by atoms with Gasteiger partial charge in [0.25, 0.3) is 0 Å². The van der Waals surface area contributed by atoms with Crippen molar-refractivity contribution >= 4 is 11.9 Å². The maximum atomic E-state index is 9.60. The van der Waals surface area contributed by atoms with Crippen LogP contribution >= 0.6 is 0 Å². The van der Waals surface area contributed by atoms with E-state index in [1.807, 2.05) is 0 Å². The van der Waals surface area contributed by atoms with Crippen LogP contribution in [0, 0.1) is 10.8 Å². The molecule has 11 heteroatoms. The summed E-state index contributed by atoms with van der Waals surface area (Å²) in [5.41, 5.74) is -1.97. The number of ether oxygens (including phenoxy) is 1. The number of aliphatic hydroxyl groups excluding tert-OH is 6. The van der Waals surface area contributed by atoms with Crippen molar-refractivity contribution in [1.82, 2.24) is 0 Å². The summed E-state index contributed by atoms with van der Waals surface area (Å²) in [5.74, 6) is -1.87. The lowest BCUT2D eigenvalue weighted by Gasteiger charge is -2.31. The Kier molecular flexibility index (Phi) is 18.7. The van der Waals surface area contributed by atoms with Gasteiger partial charge in [0, 0.05) is 11.1 Å². The molecular formula is C18H34O11. The highest BCUT2D eigenvalue weighted by atomic mass is 16.5. The largest absolute Gasteiger partial charge is 0.478 e. The zero-order valence-corrected chi connectivity index (χ0v) is 16.9. The summed E-state index contributed by atoms with van der Waals surface area (Å²) >= 11 is 0. The molecule has 0 atom stereocenters. The first kappa shape index (κ1) is 31.8. The first-order valence-corrected chi connectivity index (χ1v) is 8.37. The minimum Gasteiger partial charge on any atom is -0.478 e. The van der Waals surface area contributed by atoms with Crippen LogP contribution in [0.5, 0.6) is 0 Å². The van der Waals surface area contributed by atoms with Crippen LogP contribution in [0.3, 0.4) is 0 Å². The molecule has 0 heterocycles. The van der Waals surface area contributed by atoms with Crippen LogP contribution < -0.4 is 0 Å². The Morgan fingerprint density at radius 1 is 0.655 bits per heavy atom. The molecule has 0 aliphatic rings. The van der Waals surface area contributed by atoms with E-state index >= 15 is 0 Å². The van der Waals surface area contributed by atoms with Crippen molar-refractivity contribution in [1.29, 1.82) is 0 Å². The summed E-state index contributed by atoms with van der Waals surface area (Å²) in [6.07, 6.45) is 0. The fourth-order valence-electron chi connectivity index (χ4n) is 1.06. The van der Waals surface area contributed by atoms with Crippen molar-refractivity contribution in [2.24, 2.45) is 10.8 Å². The Morgan fingerprint density at radius 2 is 0.828 bits per heavy atom. The van der Waals surface area contributed by atoms with Crippen LogP contribution in [0.15, 0.2) is 24.3 Å². The van der Waals surface area contributed by atoms with E-state index in [-0.39, 0.29) is 24.4 Å². The van der Waals surface area contributed by atoms with Gasteiger partial charge in [-0.25, -0.2) is 9.59 Å². The van der Waals surface area contributed by atoms with Gasteiger partial charge >= 0.3 is 11.9 Å². The van der Waals surface area contributed by atoms with E-state index in [1.54, 1.807) is 0 Å². The first-order valence-electron chi connectivity index (χ1n) is 8.37. The van der Waals surface area contributed by atoms with Gasteiger partial charge in [0.2, 0.25) is 0 Å². The lowest BCUT2D eigenvalue weighted by Crippen LogP contribution is -2.43. The molecule has 29 heavy (non-hydrogen) atoms. The van der Waals surface area contributed by atoms with Gasteiger partial charge in [-0.05, 0) is 13.8 Å². The van der Waals surface area contributed by atoms with Crippen molar-refractivity contribution in [3.05, 3.63) is 24.3 Å². The quantitative estimate of drug-likeness (QED) is 0.164. The van der Waals surface area contributed by atoms with Crippen molar-refractivity contribution in [3.8, 4) is 0 Å². The summed E-state index contributed by atoms with van der Waals surface area (Å²) in [6, 6.07) is 0. The second-order valence-corrected chi connectivity index (χ2v) is 6.61. The molecule has 0 aromatic rings. The highest BCUT2D eigenvalue weighted by Gasteiger charge is 2.32. The number of hydrogen-bond donors (Lipinski definition) is 8. The summed E-state index contributed by atoms with van der Waals surface area (Å²) in [4.78, 5) is 19.2. The van der Waals surface area contributed by atoms with Crippen LogP contribution in [-0.4, -0.2) is 106 Å². The molecule has 0 saturated carbocycles. The maximum Gasteiger partial charge on any atom is 0.330 e. The number of carbonyl (C=O) groups is 2. The monoisotopic (exact) mass is 426 g/mol. The second kappa shape index (κ2) is 17.0. The molecule has 172 valence electrons. The first-order chi connectivity index (χ1) is 13.4. The molecular weight excluding hydrogens is 392 g/mol. The standard InChI is InChI=1S/C10H22O7.2C4H6O2/c11-1-9(2-12,3-13)7-17-8-10(4-14,5-15)6-16;2*1-3(2)4(5)6/h11-16H,1-8H2;2*1H2,2H3,(H,5,6). The minimum absolute atomic E-state index is 0.141. The number of aliphatic hydroxyl groups is 6. The van der Waals surface area contributed by atoms with E-state index in [2.05, 4.69) is 13.2 Å².